The lowest BCUT2D eigenvalue weighted by Crippen LogP contribution is -2.38. The molecule has 0 bridgehead atoms. The van der Waals surface area contributed by atoms with Crippen LogP contribution in [0.25, 0.3) is 11.4 Å². The highest BCUT2D eigenvalue weighted by Crippen LogP contribution is 2.23. The Balaban J connectivity index is 2.53. The number of carbonyl (C=O) groups is 1. The van der Waals surface area contributed by atoms with E-state index in [0.717, 1.165) is 0 Å². The van der Waals surface area contributed by atoms with Crippen molar-refractivity contribution in [3.05, 3.63) is 39.8 Å². The molecule has 0 unspecified atom stereocenters. The first-order chi connectivity index (χ1) is 11.1. The summed E-state index contributed by atoms with van der Waals surface area (Å²) >= 11 is 5.74. The Morgan fingerprint density at radius 1 is 1.33 bits per heavy atom. The standard InChI is InChI=1S/C13H12ClF3N4O3/c14-8-3-1-7(2-4-8)11-19-21(6-10(18)23)12(24)20(11)5-9(22)13(15,16)17/h1-4,9,22H,5-6H2,(H2,18,23)/t9-/m1/s1. The minimum absolute atomic E-state index is 0.152. The Hall–Kier alpha value is -2.33. The SMILES string of the molecule is NC(=O)Cn1nc(-c2ccc(Cl)cc2)n(C[C@@H](O)C(F)(F)F)c1=O. The summed E-state index contributed by atoms with van der Waals surface area (Å²) < 4.78 is 39.0. The molecule has 1 aromatic heterocycles. The predicted octanol–water partition coefficient (Wildman–Crippen LogP) is 0.774. The lowest BCUT2D eigenvalue weighted by atomic mass is 10.2. The number of aliphatic hydroxyl groups is 1. The van der Waals surface area contributed by atoms with Crippen LogP contribution in [0.2, 0.25) is 5.02 Å². The van der Waals surface area contributed by atoms with Gasteiger partial charge in [0.05, 0.1) is 6.54 Å². The van der Waals surface area contributed by atoms with Gasteiger partial charge in [-0.3, -0.25) is 9.36 Å². The van der Waals surface area contributed by atoms with Gasteiger partial charge in [0.1, 0.15) is 6.54 Å². The van der Waals surface area contributed by atoms with E-state index in [0.29, 0.717) is 14.3 Å². The number of hydrogen-bond acceptors (Lipinski definition) is 4. The molecule has 1 amide bonds. The molecule has 0 saturated heterocycles. The normalized spacial score (nSPS) is 13.0. The lowest BCUT2D eigenvalue weighted by Gasteiger charge is -2.15. The van der Waals surface area contributed by atoms with E-state index >= 15 is 0 Å². The molecule has 1 heterocycles. The van der Waals surface area contributed by atoms with Gasteiger partial charge in [-0.2, -0.15) is 13.2 Å². The van der Waals surface area contributed by atoms with Gasteiger partial charge in [0.25, 0.3) is 0 Å². The van der Waals surface area contributed by atoms with Crippen LogP contribution in [0.5, 0.6) is 0 Å². The Morgan fingerprint density at radius 3 is 2.42 bits per heavy atom. The fourth-order valence-electron chi connectivity index (χ4n) is 1.95. The number of nitrogens with zero attached hydrogens (tertiary/aromatic N) is 3. The number of benzene rings is 1. The molecule has 130 valence electrons. The average Bonchev–Trinajstić information content (AvgIpc) is 2.76. The summed E-state index contributed by atoms with van der Waals surface area (Å²) in [6.45, 7) is -1.67. The molecule has 24 heavy (non-hydrogen) atoms. The Bertz CT molecular complexity index is 798. The second-order valence-corrected chi connectivity index (χ2v) is 5.34. The molecule has 0 aliphatic rings. The fraction of sp³-hybridized carbons (Fsp3) is 0.308. The van der Waals surface area contributed by atoms with Crippen molar-refractivity contribution in [3.8, 4) is 11.4 Å². The maximum absolute atomic E-state index is 12.6. The third-order valence-electron chi connectivity index (χ3n) is 3.06. The number of primary amides is 1. The molecular formula is C13H12ClF3N4O3. The van der Waals surface area contributed by atoms with E-state index in [2.05, 4.69) is 5.10 Å². The van der Waals surface area contributed by atoms with Gasteiger partial charge >= 0.3 is 11.9 Å². The van der Waals surface area contributed by atoms with Crippen LogP contribution in [0.15, 0.2) is 29.1 Å². The van der Waals surface area contributed by atoms with E-state index in [9.17, 15) is 27.9 Å². The molecule has 0 saturated carbocycles. The Kier molecular flexibility index (Phi) is 4.99. The van der Waals surface area contributed by atoms with E-state index in [4.69, 9.17) is 17.3 Å². The topological polar surface area (TPSA) is 103 Å². The summed E-state index contributed by atoms with van der Waals surface area (Å²) in [7, 11) is 0. The van der Waals surface area contributed by atoms with E-state index < -0.39 is 37.0 Å². The molecule has 11 heteroatoms. The van der Waals surface area contributed by atoms with Crippen LogP contribution in [0.3, 0.4) is 0 Å². The van der Waals surface area contributed by atoms with E-state index in [1.807, 2.05) is 0 Å². The van der Waals surface area contributed by atoms with Crippen LogP contribution in [0, 0.1) is 0 Å². The average molecular weight is 365 g/mol. The maximum Gasteiger partial charge on any atom is 0.416 e. The third kappa shape index (κ3) is 3.95. The van der Waals surface area contributed by atoms with Gasteiger partial charge in [-0.25, -0.2) is 9.48 Å². The number of aliphatic hydroxyl groups excluding tert-OH is 1. The molecule has 0 spiro atoms. The van der Waals surface area contributed by atoms with Crippen LogP contribution < -0.4 is 11.4 Å². The monoisotopic (exact) mass is 364 g/mol. The van der Waals surface area contributed by atoms with Crippen molar-refractivity contribution in [2.75, 3.05) is 0 Å². The Labute approximate surface area is 138 Å². The predicted molar refractivity (Wildman–Crippen MR) is 78.2 cm³/mol. The first kappa shape index (κ1) is 18.0. The summed E-state index contributed by atoms with van der Waals surface area (Å²) in [5.41, 5.74) is 4.28. The third-order valence-corrected chi connectivity index (χ3v) is 3.32. The summed E-state index contributed by atoms with van der Waals surface area (Å²) in [4.78, 5) is 23.1. The van der Waals surface area contributed by atoms with E-state index in [1.165, 1.54) is 24.3 Å². The van der Waals surface area contributed by atoms with Crippen LogP contribution in [0.4, 0.5) is 13.2 Å². The summed E-state index contributed by atoms with van der Waals surface area (Å²) in [5, 5.41) is 13.4. The van der Waals surface area contributed by atoms with Crippen LogP contribution >= 0.6 is 11.6 Å². The fourth-order valence-corrected chi connectivity index (χ4v) is 2.07. The van der Waals surface area contributed by atoms with Gasteiger partial charge in [-0.15, -0.1) is 5.10 Å². The van der Waals surface area contributed by atoms with Gasteiger partial charge in [0.15, 0.2) is 11.9 Å². The smallest absolute Gasteiger partial charge is 0.382 e. The van der Waals surface area contributed by atoms with Crippen LogP contribution in [-0.4, -0.2) is 37.6 Å². The van der Waals surface area contributed by atoms with E-state index in [-0.39, 0.29) is 11.4 Å². The number of hydrogen-bond donors (Lipinski definition) is 2. The number of amides is 1. The van der Waals surface area contributed by atoms with Gasteiger partial charge in [-0.05, 0) is 24.3 Å². The highest BCUT2D eigenvalue weighted by Gasteiger charge is 2.39. The van der Waals surface area contributed by atoms with Crippen LogP contribution in [0.1, 0.15) is 0 Å². The van der Waals surface area contributed by atoms with Gasteiger partial charge in [0.2, 0.25) is 5.91 Å². The molecule has 1 atom stereocenters. The molecular weight excluding hydrogens is 353 g/mol. The highest BCUT2D eigenvalue weighted by molar-refractivity contribution is 6.30. The molecule has 7 nitrogen and oxygen atoms in total. The maximum atomic E-state index is 12.6. The Morgan fingerprint density at radius 2 is 1.92 bits per heavy atom. The number of nitrogens with two attached hydrogens (primary N) is 1. The second kappa shape index (κ2) is 6.65. The number of carbonyl (C=O) groups excluding carboxylic acids is 1. The molecule has 0 fully saturated rings. The number of alkyl halides is 3. The summed E-state index contributed by atoms with van der Waals surface area (Å²) in [6, 6.07) is 5.79. The highest BCUT2D eigenvalue weighted by atomic mass is 35.5. The van der Waals surface area contributed by atoms with E-state index in [1.54, 1.807) is 0 Å². The second-order valence-electron chi connectivity index (χ2n) is 4.91. The molecule has 3 N–H and O–H groups in total. The van der Waals surface area contributed by atoms with Crippen molar-refractivity contribution in [2.45, 2.75) is 25.4 Å². The zero-order valence-electron chi connectivity index (χ0n) is 12.0. The molecule has 0 aliphatic carbocycles. The molecule has 0 aliphatic heterocycles. The number of aromatic nitrogens is 3. The number of rotatable bonds is 5. The van der Waals surface area contributed by atoms with Crippen molar-refractivity contribution < 1.29 is 23.1 Å². The van der Waals surface area contributed by atoms with Gasteiger partial charge in [0, 0.05) is 10.6 Å². The first-order valence-corrected chi connectivity index (χ1v) is 6.94. The largest absolute Gasteiger partial charge is 0.416 e. The molecule has 0 radical (unpaired) electrons. The molecule has 1 aromatic carbocycles. The van der Waals surface area contributed by atoms with Crippen molar-refractivity contribution in [1.29, 1.82) is 0 Å². The minimum Gasteiger partial charge on any atom is -0.382 e. The summed E-state index contributed by atoms with van der Waals surface area (Å²) in [5.74, 6) is -1.04. The minimum atomic E-state index is -4.91. The van der Waals surface area contributed by atoms with Crippen molar-refractivity contribution >= 4 is 17.5 Å². The van der Waals surface area contributed by atoms with Crippen molar-refractivity contribution in [1.82, 2.24) is 14.3 Å². The number of halogens is 4. The van der Waals surface area contributed by atoms with Crippen LogP contribution in [-0.2, 0) is 17.9 Å². The zero-order chi connectivity index (χ0) is 18.1. The summed E-state index contributed by atoms with van der Waals surface area (Å²) in [6.07, 6.45) is -7.69. The lowest BCUT2D eigenvalue weighted by molar-refractivity contribution is -0.207. The molecule has 2 aromatic rings. The molecule has 2 rings (SSSR count). The van der Waals surface area contributed by atoms with Crippen molar-refractivity contribution in [3.63, 3.8) is 0 Å². The van der Waals surface area contributed by atoms with Gasteiger partial charge < -0.3 is 10.8 Å². The quantitative estimate of drug-likeness (QED) is 0.818. The van der Waals surface area contributed by atoms with Crippen molar-refractivity contribution in [2.24, 2.45) is 5.73 Å². The van der Waals surface area contributed by atoms with Gasteiger partial charge in [-0.1, -0.05) is 11.6 Å². The first-order valence-electron chi connectivity index (χ1n) is 6.56. The zero-order valence-corrected chi connectivity index (χ0v) is 12.8.